The van der Waals surface area contributed by atoms with Crippen LogP contribution in [-0.2, 0) is 25.0 Å². The van der Waals surface area contributed by atoms with Crippen molar-refractivity contribution in [3.05, 3.63) is 36.0 Å². The third kappa shape index (κ3) is 11.6. The van der Waals surface area contributed by atoms with Gasteiger partial charge in [-0.1, -0.05) is 29.9 Å². The van der Waals surface area contributed by atoms with Crippen molar-refractivity contribution in [1.29, 1.82) is 0 Å². The Bertz CT molecular complexity index is 1290. The summed E-state index contributed by atoms with van der Waals surface area (Å²) >= 11 is 16.6. The van der Waals surface area contributed by atoms with E-state index in [1.54, 1.807) is 24.5 Å². The van der Waals surface area contributed by atoms with E-state index in [-0.39, 0.29) is 27.7 Å². The van der Waals surface area contributed by atoms with Gasteiger partial charge in [0.15, 0.2) is 5.16 Å². The van der Waals surface area contributed by atoms with Crippen LogP contribution in [0.1, 0.15) is 41.3 Å². The SMILES string of the molecule is O=C1C(C(SCCS(=O)(=O)O)c2ccnc(SCCl)n2)CCCC1C(SCCS(=O)(=O)O)c1nccc(SCCl)n1. The van der Waals surface area contributed by atoms with E-state index < -0.39 is 54.1 Å². The normalized spacial score (nSPS) is 19.7. The second-order valence-electron chi connectivity index (χ2n) is 8.73. The van der Waals surface area contributed by atoms with Crippen LogP contribution in [0.3, 0.4) is 0 Å². The summed E-state index contributed by atoms with van der Waals surface area (Å²) < 4.78 is 64.2. The highest BCUT2D eigenvalue weighted by Gasteiger charge is 2.42. The minimum atomic E-state index is -4.22. The van der Waals surface area contributed by atoms with Crippen LogP contribution in [0.4, 0.5) is 0 Å². The van der Waals surface area contributed by atoms with Gasteiger partial charge in [-0.2, -0.15) is 28.6 Å². The molecule has 2 aromatic heterocycles. The maximum Gasteiger partial charge on any atom is 0.265 e. The zero-order valence-corrected chi connectivity index (χ0v) is 27.8. The summed E-state index contributed by atoms with van der Waals surface area (Å²) in [4.78, 5) is 31.9. The van der Waals surface area contributed by atoms with Crippen LogP contribution in [0.15, 0.2) is 34.7 Å². The van der Waals surface area contributed by atoms with Gasteiger partial charge in [0.25, 0.3) is 20.2 Å². The second kappa shape index (κ2) is 16.6. The molecule has 0 spiro atoms. The van der Waals surface area contributed by atoms with Crippen molar-refractivity contribution >= 4 is 96.3 Å². The summed E-state index contributed by atoms with van der Waals surface area (Å²) in [6.07, 6.45) is 4.81. The summed E-state index contributed by atoms with van der Waals surface area (Å²) in [5.41, 5.74) is 0.541. The Morgan fingerprint density at radius 3 is 2.05 bits per heavy atom. The summed E-state index contributed by atoms with van der Waals surface area (Å²) in [6.45, 7) is 0. The Balaban J connectivity index is 1.96. The lowest BCUT2D eigenvalue weighted by Gasteiger charge is -2.36. The van der Waals surface area contributed by atoms with E-state index in [0.29, 0.717) is 41.0 Å². The van der Waals surface area contributed by atoms with E-state index in [4.69, 9.17) is 23.2 Å². The van der Waals surface area contributed by atoms with Crippen molar-refractivity contribution in [2.45, 2.75) is 39.9 Å². The molecule has 1 saturated carbocycles. The molecule has 0 aliphatic heterocycles. The lowest BCUT2D eigenvalue weighted by Crippen LogP contribution is -2.35. The quantitative estimate of drug-likeness (QED) is 0.0789. The molecular weight excluding hydrogens is 696 g/mol. The molecule has 4 unspecified atom stereocenters. The number of hydrogen-bond donors (Lipinski definition) is 2. The fourth-order valence-corrected chi connectivity index (χ4v) is 10.3. The monoisotopic (exact) mass is 722 g/mol. The maximum atomic E-state index is 14.2. The first kappa shape index (κ1) is 35.1. The molecule has 228 valence electrons. The minimum Gasteiger partial charge on any atom is -0.299 e. The molecule has 11 nitrogen and oxygen atoms in total. The number of carbonyl (C=O) groups excluding carboxylic acids is 1. The highest BCUT2D eigenvalue weighted by atomic mass is 35.5. The van der Waals surface area contributed by atoms with Gasteiger partial charge in [0, 0.05) is 35.7 Å². The average molecular weight is 724 g/mol. The zero-order valence-electron chi connectivity index (χ0n) is 21.4. The number of aromatic nitrogens is 4. The van der Waals surface area contributed by atoms with Gasteiger partial charge in [0.1, 0.15) is 16.6 Å². The molecular formula is C22H28Cl2N4O7S6. The van der Waals surface area contributed by atoms with E-state index >= 15 is 0 Å². The number of alkyl halides is 2. The molecule has 3 rings (SSSR count). The highest BCUT2D eigenvalue weighted by molar-refractivity contribution is 8.01. The third-order valence-corrected chi connectivity index (χ3v) is 12.5. The molecule has 2 heterocycles. The van der Waals surface area contributed by atoms with Crippen molar-refractivity contribution < 1.29 is 30.7 Å². The minimum absolute atomic E-state index is 0.0195. The first-order chi connectivity index (χ1) is 19.4. The molecule has 0 aromatic carbocycles. The van der Waals surface area contributed by atoms with E-state index in [9.17, 15) is 30.7 Å². The molecule has 19 heteroatoms. The van der Waals surface area contributed by atoms with Crippen molar-refractivity contribution in [3.63, 3.8) is 0 Å². The van der Waals surface area contributed by atoms with Gasteiger partial charge < -0.3 is 0 Å². The van der Waals surface area contributed by atoms with Crippen molar-refractivity contribution in [3.8, 4) is 0 Å². The first-order valence-electron chi connectivity index (χ1n) is 12.1. The molecule has 41 heavy (non-hydrogen) atoms. The smallest absolute Gasteiger partial charge is 0.265 e. The summed E-state index contributed by atoms with van der Waals surface area (Å²) in [6, 6.07) is 3.37. The molecule has 2 N–H and O–H groups in total. The topological polar surface area (TPSA) is 177 Å². The van der Waals surface area contributed by atoms with E-state index in [0.717, 1.165) is 0 Å². The van der Waals surface area contributed by atoms with Gasteiger partial charge in [-0.25, -0.2) is 19.9 Å². The highest BCUT2D eigenvalue weighted by Crippen LogP contribution is 2.48. The average Bonchev–Trinajstić information content (AvgIpc) is 2.89. The van der Waals surface area contributed by atoms with Gasteiger partial charge in [0.2, 0.25) is 0 Å². The fourth-order valence-electron chi connectivity index (χ4n) is 4.32. The molecule has 0 saturated heterocycles. The van der Waals surface area contributed by atoms with Gasteiger partial charge in [0.05, 0.1) is 38.1 Å². The molecule has 1 aliphatic rings. The predicted octanol–water partition coefficient (Wildman–Crippen LogP) is 4.85. The molecule has 1 aliphatic carbocycles. The van der Waals surface area contributed by atoms with E-state index in [2.05, 4.69) is 19.9 Å². The number of nitrogens with zero attached hydrogens (tertiary/aromatic N) is 4. The Morgan fingerprint density at radius 1 is 0.854 bits per heavy atom. The molecule has 2 aromatic rings. The number of carbonyl (C=O) groups is 1. The first-order valence-corrected chi connectivity index (χ1v) is 20.5. The van der Waals surface area contributed by atoms with Crippen molar-refractivity contribution in [2.75, 3.05) is 33.4 Å². The van der Waals surface area contributed by atoms with Crippen LogP contribution in [0, 0.1) is 11.8 Å². The largest absolute Gasteiger partial charge is 0.299 e. The van der Waals surface area contributed by atoms with Gasteiger partial charge in [-0.15, -0.1) is 35.0 Å². The summed E-state index contributed by atoms with van der Waals surface area (Å²) in [5, 5.41) is 0.365. The lowest BCUT2D eigenvalue weighted by atomic mass is 9.76. The predicted molar refractivity (Wildman–Crippen MR) is 166 cm³/mol. The van der Waals surface area contributed by atoms with Gasteiger partial charge in [-0.05, 0) is 25.0 Å². The number of halogens is 2. The Labute approximate surface area is 266 Å². The number of ketones is 1. The Hall–Kier alpha value is -0.370. The molecule has 4 atom stereocenters. The zero-order chi connectivity index (χ0) is 30.0. The number of Topliss-reactive ketones (excluding diaryl/α,β-unsaturated/α-hetero) is 1. The van der Waals surface area contributed by atoms with Crippen LogP contribution in [-0.4, -0.2) is 85.1 Å². The Kier molecular flexibility index (Phi) is 14.2. The van der Waals surface area contributed by atoms with Crippen molar-refractivity contribution in [1.82, 2.24) is 19.9 Å². The molecule has 0 radical (unpaired) electrons. The lowest BCUT2D eigenvalue weighted by molar-refractivity contribution is -0.129. The second-order valence-corrected chi connectivity index (χ2v) is 17.5. The van der Waals surface area contributed by atoms with E-state index in [1.165, 1.54) is 47.0 Å². The van der Waals surface area contributed by atoms with Gasteiger partial charge >= 0.3 is 0 Å². The third-order valence-electron chi connectivity index (χ3n) is 6.01. The number of hydrogen-bond acceptors (Lipinski definition) is 13. The van der Waals surface area contributed by atoms with Crippen LogP contribution in [0.2, 0.25) is 0 Å². The number of rotatable bonds is 16. The van der Waals surface area contributed by atoms with Crippen LogP contribution < -0.4 is 0 Å². The fraction of sp³-hybridized carbons (Fsp3) is 0.591. The van der Waals surface area contributed by atoms with Crippen LogP contribution in [0.5, 0.6) is 0 Å². The number of thioether (sulfide) groups is 4. The van der Waals surface area contributed by atoms with Crippen LogP contribution >= 0.6 is 70.2 Å². The van der Waals surface area contributed by atoms with Crippen molar-refractivity contribution in [2.24, 2.45) is 11.8 Å². The van der Waals surface area contributed by atoms with Crippen LogP contribution in [0.25, 0.3) is 0 Å². The maximum absolute atomic E-state index is 14.2. The molecule has 0 amide bonds. The van der Waals surface area contributed by atoms with Gasteiger partial charge in [-0.3, -0.25) is 13.9 Å². The molecule has 0 bridgehead atoms. The summed E-state index contributed by atoms with van der Waals surface area (Å²) in [7, 11) is -8.44. The Morgan fingerprint density at radius 2 is 1.44 bits per heavy atom. The summed E-state index contributed by atoms with van der Waals surface area (Å²) in [5.74, 6) is -1.82. The molecule has 1 fully saturated rings. The van der Waals surface area contributed by atoms with E-state index in [1.807, 2.05) is 0 Å². The standard InChI is InChI=1S/C22H28Cl2N4O7S6/c23-12-38-17-5-7-25-21(28-17)20(37-9-11-41(33,34)35)15-3-1-2-14(18(15)29)19(36-8-10-40(30,31)32)16-4-6-26-22(27-16)39-13-24/h4-7,14-15,19-20H,1-3,8-13H2,(H,30,31,32)(H,33,34,35).